The van der Waals surface area contributed by atoms with E-state index in [9.17, 15) is 29.1 Å². The van der Waals surface area contributed by atoms with Gasteiger partial charge in [-0.15, -0.1) is 9.46 Å². The summed E-state index contributed by atoms with van der Waals surface area (Å²) in [5.41, 5.74) is -0.339. The van der Waals surface area contributed by atoms with E-state index < -0.39 is 47.2 Å². The Labute approximate surface area is 342 Å². The Balaban J connectivity index is 1.24. The number of benzene rings is 2. The maximum absolute atomic E-state index is 13.9. The van der Waals surface area contributed by atoms with Crippen LogP contribution in [0.5, 0.6) is 0 Å². The Hall–Kier alpha value is -5.81. The van der Waals surface area contributed by atoms with Crippen molar-refractivity contribution in [1.29, 1.82) is 0 Å². The smallest absolute Gasteiger partial charge is 0.296 e. The predicted molar refractivity (Wildman–Crippen MR) is 221 cm³/mol. The number of rotatable bonds is 6. The molecule has 4 aromatic rings. The average molecular weight is 811 g/mol. The highest BCUT2D eigenvalue weighted by molar-refractivity contribution is 5.96. The van der Waals surface area contributed by atoms with Gasteiger partial charge in [-0.3, -0.25) is 29.3 Å². The monoisotopic (exact) mass is 810 g/mol. The van der Waals surface area contributed by atoms with Crippen LogP contribution in [0.3, 0.4) is 0 Å². The number of aliphatic hydroxyl groups excluding tert-OH is 1. The van der Waals surface area contributed by atoms with Gasteiger partial charge in [0, 0.05) is 25.2 Å². The molecule has 4 aliphatic rings. The Morgan fingerprint density at radius 2 is 1.05 bits per heavy atom. The number of fused-ring (bicyclic) bond motifs is 2. The molecular formula is C43H54N8O8. The topological polar surface area (TPSA) is 206 Å². The fraction of sp³-hybridized carbons (Fsp3) is 0.419. The first-order valence-electron chi connectivity index (χ1n) is 20.4. The lowest BCUT2D eigenvalue weighted by atomic mass is 10.1. The van der Waals surface area contributed by atoms with Crippen LogP contribution in [0, 0.1) is 0 Å². The molecule has 5 heterocycles. The van der Waals surface area contributed by atoms with E-state index in [4.69, 9.17) is 9.68 Å². The standard InChI is InChI=1S/C43H54N8O8/c52-38-32-18-20-36(50(42(32)56)58-28-30-12-3-1-4-13-30)40(54)46-26-10-24-44-22-7-8-23-45-25-11-27-47-41(55)37-21-19-33(39(53)49-35-17-9-16-34(35)48-38)43(57)51(37)59-29-31-14-5-2-6-15-31/h1-6,12-15,18-21,34-35,38,44-45,48,52H,7-11,16-17,22-29H2,(H,46,54)(H,47,55)(H,49,53)/t34-,35+,38?/m0/s1. The van der Waals surface area contributed by atoms with Gasteiger partial charge in [-0.05, 0) is 107 Å². The Kier molecular flexibility index (Phi) is 15.8. The number of hydrogen-bond donors (Lipinski definition) is 7. The summed E-state index contributed by atoms with van der Waals surface area (Å²) in [6.07, 6.45) is 3.51. The van der Waals surface area contributed by atoms with Gasteiger partial charge >= 0.3 is 0 Å². The number of pyridine rings is 2. The second-order valence-corrected chi connectivity index (χ2v) is 14.6. The van der Waals surface area contributed by atoms with Crippen LogP contribution in [0.2, 0.25) is 0 Å². The van der Waals surface area contributed by atoms with Gasteiger partial charge in [0.05, 0.1) is 5.56 Å². The number of aromatic nitrogens is 2. The van der Waals surface area contributed by atoms with Crippen molar-refractivity contribution in [2.24, 2.45) is 0 Å². The largest absolute Gasteiger partial charge is 0.405 e. The SMILES string of the molecule is O=C1N[C@@H]2CCC[C@@H]2NC(O)c2ccc(n(OCc3ccccc3)c2=O)C(=O)NCCCNCCCCNCCCNC(=O)c2ccc1c(=O)n2OCc1ccccc1. The van der Waals surface area contributed by atoms with Gasteiger partial charge in [0.25, 0.3) is 28.8 Å². The third-order valence-corrected chi connectivity index (χ3v) is 10.3. The zero-order valence-corrected chi connectivity index (χ0v) is 33.1. The van der Waals surface area contributed by atoms with Crippen LogP contribution in [0.4, 0.5) is 0 Å². The number of hydrogen-bond acceptors (Lipinski definition) is 11. The molecule has 3 aliphatic heterocycles. The van der Waals surface area contributed by atoms with Gasteiger partial charge in [0.2, 0.25) is 0 Å². The summed E-state index contributed by atoms with van der Waals surface area (Å²) in [5.74, 6) is -1.69. The fourth-order valence-electron chi connectivity index (χ4n) is 7.09. The molecule has 314 valence electrons. The first-order valence-corrected chi connectivity index (χ1v) is 20.4. The minimum atomic E-state index is -1.49. The summed E-state index contributed by atoms with van der Waals surface area (Å²) in [7, 11) is 0. The van der Waals surface area contributed by atoms with Gasteiger partial charge in [-0.1, -0.05) is 60.7 Å². The van der Waals surface area contributed by atoms with E-state index in [1.54, 1.807) is 0 Å². The van der Waals surface area contributed by atoms with Crippen LogP contribution >= 0.6 is 0 Å². The molecule has 8 rings (SSSR count). The average Bonchev–Trinajstić information content (AvgIpc) is 3.68. The van der Waals surface area contributed by atoms with E-state index in [1.807, 2.05) is 60.7 Å². The van der Waals surface area contributed by atoms with E-state index in [2.05, 4.69) is 31.9 Å². The summed E-state index contributed by atoms with van der Waals surface area (Å²) in [6, 6.07) is 22.9. The lowest BCUT2D eigenvalue weighted by molar-refractivity contribution is 0.0657. The molecule has 3 atom stereocenters. The number of nitrogens with one attached hydrogen (secondary N) is 6. The fourth-order valence-corrected chi connectivity index (χ4v) is 7.09. The second-order valence-electron chi connectivity index (χ2n) is 14.6. The summed E-state index contributed by atoms with van der Waals surface area (Å²) in [4.78, 5) is 80.1. The maximum Gasteiger partial charge on any atom is 0.296 e. The molecule has 2 aromatic heterocycles. The van der Waals surface area contributed by atoms with Crippen LogP contribution in [0.1, 0.15) is 99.2 Å². The third kappa shape index (κ3) is 11.9. The lowest BCUT2D eigenvalue weighted by Crippen LogP contribution is -2.50. The molecule has 1 fully saturated rings. The van der Waals surface area contributed by atoms with Crippen molar-refractivity contribution in [3.63, 3.8) is 0 Å². The molecule has 3 amide bonds. The van der Waals surface area contributed by atoms with Crippen LogP contribution < -0.4 is 52.7 Å². The second kappa shape index (κ2) is 21.8. The number of amides is 3. The summed E-state index contributed by atoms with van der Waals surface area (Å²) in [6.45, 7) is 3.70. The van der Waals surface area contributed by atoms with Gasteiger partial charge in [0.1, 0.15) is 36.4 Å². The van der Waals surface area contributed by atoms with E-state index >= 15 is 0 Å². The van der Waals surface area contributed by atoms with Crippen molar-refractivity contribution < 1.29 is 29.2 Å². The van der Waals surface area contributed by atoms with E-state index in [0.717, 1.165) is 46.5 Å². The Bertz CT molecular complexity index is 2130. The van der Waals surface area contributed by atoms with Crippen molar-refractivity contribution >= 4 is 17.7 Å². The van der Waals surface area contributed by atoms with Crippen LogP contribution in [0.15, 0.2) is 94.5 Å². The highest BCUT2D eigenvalue weighted by Crippen LogP contribution is 2.22. The predicted octanol–water partition coefficient (Wildman–Crippen LogP) is 1.41. The van der Waals surface area contributed by atoms with Crippen molar-refractivity contribution in [1.82, 2.24) is 41.4 Å². The molecule has 2 aromatic carbocycles. The molecule has 0 spiro atoms. The number of carbonyl (C=O) groups is 3. The normalized spacial score (nSPS) is 20.5. The number of aliphatic hydroxyl groups is 1. The third-order valence-electron chi connectivity index (χ3n) is 10.3. The lowest BCUT2D eigenvalue weighted by Gasteiger charge is -2.25. The minimum absolute atomic E-state index is 0.00513. The van der Waals surface area contributed by atoms with Crippen molar-refractivity contribution in [3.05, 3.63) is 139 Å². The van der Waals surface area contributed by atoms with Crippen molar-refractivity contribution in [3.8, 4) is 0 Å². The quantitative estimate of drug-likeness (QED) is 0.148. The summed E-state index contributed by atoms with van der Waals surface area (Å²) >= 11 is 0. The zero-order valence-electron chi connectivity index (χ0n) is 33.1. The highest BCUT2D eigenvalue weighted by Gasteiger charge is 2.33. The molecule has 59 heavy (non-hydrogen) atoms. The van der Waals surface area contributed by atoms with E-state index in [1.165, 1.54) is 24.3 Å². The van der Waals surface area contributed by atoms with Gasteiger partial charge in [-0.25, -0.2) is 0 Å². The Morgan fingerprint density at radius 3 is 1.63 bits per heavy atom. The van der Waals surface area contributed by atoms with Crippen LogP contribution in [-0.4, -0.2) is 83.6 Å². The minimum Gasteiger partial charge on any atom is -0.405 e. The summed E-state index contributed by atoms with van der Waals surface area (Å²) in [5, 5.41) is 29.9. The van der Waals surface area contributed by atoms with Gasteiger partial charge in [-0.2, -0.15) is 0 Å². The molecule has 1 saturated carbocycles. The Morgan fingerprint density at radius 1 is 0.542 bits per heavy atom. The maximum atomic E-state index is 13.9. The van der Waals surface area contributed by atoms with Crippen molar-refractivity contribution in [2.75, 3.05) is 39.3 Å². The molecule has 16 heteroatoms. The first-order chi connectivity index (χ1) is 28.8. The number of carbonyl (C=O) groups excluding carboxylic acids is 3. The van der Waals surface area contributed by atoms with Gasteiger partial charge in [0.15, 0.2) is 0 Å². The van der Waals surface area contributed by atoms with Crippen LogP contribution in [-0.2, 0) is 13.2 Å². The number of nitrogens with zero attached hydrogens (tertiary/aromatic N) is 2. The molecule has 1 aliphatic carbocycles. The molecular weight excluding hydrogens is 757 g/mol. The molecule has 16 nitrogen and oxygen atoms in total. The van der Waals surface area contributed by atoms with E-state index in [0.29, 0.717) is 58.3 Å². The van der Waals surface area contributed by atoms with Crippen molar-refractivity contribution in [2.45, 2.75) is 76.5 Å². The molecule has 0 saturated heterocycles. The molecule has 7 N–H and O–H groups in total. The molecule has 0 radical (unpaired) electrons. The van der Waals surface area contributed by atoms with Crippen LogP contribution in [0.25, 0.3) is 0 Å². The zero-order chi connectivity index (χ0) is 41.4. The highest BCUT2D eigenvalue weighted by atomic mass is 16.7. The van der Waals surface area contributed by atoms with E-state index in [-0.39, 0.29) is 35.7 Å². The summed E-state index contributed by atoms with van der Waals surface area (Å²) < 4.78 is 1.78. The molecule has 4 bridgehead atoms. The van der Waals surface area contributed by atoms with Gasteiger partial charge < -0.3 is 41.4 Å². The first kappa shape index (κ1) is 42.8. The molecule has 1 unspecified atom stereocenters.